The van der Waals surface area contributed by atoms with Crippen molar-refractivity contribution in [1.82, 2.24) is 0 Å². The normalized spacial score (nSPS) is 34.8. The summed E-state index contributed by atoms with van der Waals surface area (Å²) in [6.45, 7) is 0. The van der Waals surface area contributed by atoms with E-state index in [0.717, 1.165) is 11.8 Å². The van der Waals surface area contributed by atoms with Gasteiger partial charge in [0.15, 0.2) is 6.29 Å². The molecule has 2 N–H and O–H groups in total. The van der Waals surface area contributed by atoms with Crippen molar-refractivity contribution in [2.45, 2.75) is 11.7 Å². The summed E-state index contributed by atoms with van der Waals surface area (Å²) < 4.78 is 4.54. The summed E-state index contributed by atoms with van der Waals surface area (Å²) in [4.78, 5) is 10.1. The molecular weight excluding hydrogens is 144 g/mol. The number of rotatable bonds is 1. The van der Waals surface area contributed by atoms with Crippen molar-refractivity contribution in [2.24, 2.45) is 0 Å². The van der Waals surface area contributed by atoms with E-state index >= 15 is 0 Å². The molecule has 52 valence electrons. The summed E-state index contributed by atoms with van der Waals surface area (Å²) in [6, 6.07) is 0. The van der Waals surface area contributed by atoms with Crippen LogP contribution < -0.4 is 0 Å². The molecule has 0 spiro atoms. The first-order valence-electron chi connectivity index (χ1n) is 2.38. The first-order valence-corrected chi connectivity index (χ1v) is 3.43. The number of hydrogen-bond donors (Lipinski definition) is 2. The average molecular weight is 150 g/mol. The highest BCUT2D eigenvalue weighted by Crippen LogP contribution is 2.23. The SMILES string of the molecule is O=C(O)[C@@H]1O[C@@H](O)CS1. The molecule has 1 rings (SSSR count). The minimum absolute atomic E-state index is 0.344. The fraction of sp³-hybridized carbons (Fsp3) is 0.750. The summed E-state index contributed by atoms with van der Waals surface area (Å²) in [7, 11) is 0. The van der Waals surface area contributed by atoms with Crippen molar-refractivity contribution in [3.05, 3.63) is 0 Å². The summed E-state index contributed by atoms with van der Waals surface area (Å²) in [5.74, 6) is -0.687. The third kappa shape index (κ3) is 1.57. The Morgan fingerprint density at radius 2 is 2.44 bits per heavy atom. The lowest BCUT2D eigenvalue weighted by Gasteiger charge is -2.01. The molecule has 1 fully saturated rings. The lowest BCUT2D eigenvalue weighted by Crippen LogP contribution is -2.18. The zero-order valence-corrected chi connectivity index (χ0v) is 5.30. The molecule has 5 heteroatoms. The molecule has 0 bridgehead atoms. The van der Waals surface area contributed by atoms with Gasteiger partial charge in [-0.3, -0.25) is 0 Å². The Balaban J connectivity index is 2.39. The highest BCUT2D eigenvalue weighted by Gasteiger charge is 2.29. The first kappa shape index (κ1) is 6.85. The molecule has 0 aliphatic carbocycles. The Hall–Kier alpha value is -0.260. The van der Waals surface area contributed by atoms with Crippen molar-refractivity contribution >= 4 is 17.7 Å². The van der Waals surface area contributed by atoms with Crippen LogP contribution in [0.4, 0.5) is 0 Å². The minimum Gasteiger partial charge on any atom is -0.479 e. The number of hydrogen-bond acceptors (Lipinski definition) is 4. The Morgan fingerprint density at radius 1 is 1.78 bits per heavy atom. The van der Waals surface area contributed by atoms with Gasteiger partial charge in [0.25, 0.3) is 0 Å². The fourth-order valence-electron chi connectivity index (χ4n) is 0.520. The fourth-order valence-corrected chi connectivity index (χ4v) is 1.29. The van der Waals surface area contributed by atoms with Crippen LogP contribution >= 0.6 is 11.8 Å². The number of carboxylic acids is 1. The van der Waals surface area contributed by atoms with E-state index in [-0.39, 0.29) is 0 Å². The molecule has 0 aromatic rings. The second-order valence-corrected chi connectivity index (χ2v) is 2.69. The van der Waals surface area contributed by atoms with Crippen molar-refractivity contribution in [3.63, 3.8) is 0 Å². The molecular formula is C4H6O4S. The van der Waals surface area contributed by atoms with Gasteiger partial charge < -0.3 is 14.9 Å². The Morgan fingerprint density at radius 3 is 2.67 bits per heavy atom. The van der Waals surface area contributed by atoms with Crippen LogP contribution in [0, 0.1) is 0 Å². The first-order chi connectivity index (χ1) is 4.20. The van der Waals surface area contributed by atoms with E-state index in [0.29, 0.717) is 5.75 Å². The Labute approximate surface area is 55.8 Å². The van der Waals surface area contributed by atoms with E-state index in [4.69, 9.17) is 10.2 Å². The van der Waals surface area contributed by atoms with E-state index in [2.05, 4.69) is 4.74 Å². The van der Waals surface area contributed by atoms with Gasteiger partial charge in [-0.05, 0) is 0 Å². The maximum atomic E-state index is 10.1. The van der Waals surface area contributed by atoms with Gasteiger partial charge in [-0.1, -0.05) is 0 Å². The zero-order chi connectivity index (χ0) is 6.85. The molecule has 1 aliphatic heterocycles. The van der Waals surface area contributed by atoms with Gasteiger partial charge >= 0.3 is 5.97 Å². The number of carboxylic acid groups (broad SMARTS) is 1. The van der Waals surface area contributed by atoms with Gasteiger partial charge in [-0.25, -0.2) is 4.79 Å². The molecule has 2 atom stereocenters. The minimum atomic E-state index is -1.03. The lowest BCUT2D eigenvalue weighted by molar-refractivity contribution is -0.154. The van der Waals surface area contributed by atoms with Crippen molar-refractivity contribution in [3.8, 4) is 0 Å². The number of carbonyl (C=O) groups is 1. The van der Waals surface area contributed by atoms with Gasteiger partial charge in [-0.15, -0.1) is 11.8 Å². The molecule has 0 saturated carbocycles. The maximum absolute atomic E-state index is 10.1. The third-order valence-corrected chi connectivity index (χ3v) is 1.97. The summed E-state index contributed by atoms with van der Waals surface area (Å²) in [6.07, 6.45) is -0.906. The highest BCUT2D eigenvalue weighted by molar-refractivity contribution is 8.00. The van der Waals surface area contributed by atoms with Gasteiger partial charge in [0.1, 0.15) is 0 Å². The molecule has 1 heterocycles. The second-order valence-electron chi connectivity index (χ2n) is 1.59. The maximum Gasteiger partial charge on any atom is 0.343 e. The van der Waals surface area contributed by atoms with Crippen LogP contribution in [0.3, 0.4) is 0 Å². The van der Waals surface area contributed by atoms with Crippen LogP contribution in [0.5, 0.6) is 0 Å². The van der Waals surface area contributed by atoms with E-state index in [1.807, 2.05) is 0 Å². The predicted molar refractivity (Wildman–Crippen MR) is 31.0 cm³/mol. The van der Waals surface area contributed by atoms with E-state index in [9.17, 15) is 4.79 Å². The van der Waals surface area contributed by atoms with E-state index in [1.54, 1.807) is 0 Å². The smallest absolute Gasteiger partial charge is 0.343 e. The molecule has 0 aromatic heterocycles. The van der Waals surface area contributed by atoms with E-state index in [1.165, 1.54) is 0 Å². The van der Waals surface area contributed by atoms with E-state index < -0.39 is 17.7 Å². The number of thioether (sulfide) groups is 1. The number of aliphatic carboxylic acids is 1. The van der Waals surface area contributed by atoms with Gasteiger partial charge in [0.05, 0.1) is 0 Å². The molecule has 0 amide bonds. The number of aliphatic hydroxyl groups excluding tert-OH is 1. The molecule has 1 saturated heterocycles. The van der Waals surface area contributed by atoms with Gasteiger partial charge in [-0.2, -0.15) is 0 Å². The highest BCUT2D eigenvalue weighted by atomic mass is 32.2. The number of aliphatic hydroxyl groups is 1. The molecule has 0 unspecified atom stereocenters. The standard InChI is InChI=1S/C4H6O4S/c5-2-1-9-4(8-2)3(6)7/h2,4-5H,1H2,(H,6,7)/t2-,4-/m1/s1. The van der Waals surface area contributed by atoms with Crippen molar-refractivity contribution in [1.29, 1.82) is 0 Å². The van der Waals surface area contributed by atoms with Crippen LogP contribution in [-0.2, 0) is 9.53 Å². The molecule has 4 nitrogen and oxygen atoms in total. The largest absolute Gasteiger partial charge is 0.479 e. The Kier molecular flexibility index (Phi) is 1.94. The van der Waals surface area contributed by atoms with Crippen LogP contribution in [0.25, 0.3) is 0 Å². The van der Waals surface area contributed by atoms with Crippen LogP contribution in [-0.4, -0.2) is 33.7 Å². The summed E-state index contributed by atoms with van der Waals surface area (Å²) >= 11 is 1.09. The predicted octanol–water partition coefficient (Wildman–Crippen LogP) is -0.521. The third-order valence-electron chi connectivity index (χ3n) is 0.872. The zero-order valence-electron chi connectivity index (χ0n) is 4.48. The lowest BCUT2D eigenvalue weighted by atomic mass is 10.7. The second kappa shape index (κ2) is 2.55. The molecule has 0 radical (unpaired) electrons. The Bertz CT molecular complexity index is 126. The van der Waals surface area contributed by atoms with Gasteiger partial charge in [0.2, 0.25) is 5.44 Å². The summed E-state index contributed by atoms with van der Waals surface area (Å²) in [5, 5.41) is 16.9. The number of ether oxygens (including phenoxy) is 1. The topological polar surface area (TPSA) is 66.8 Å². The molecule has 0 aromatic carbocycles. The van der Waals surface area contributed by atoms with Crippen LogP contribution in [0.2, 0.25) is 0 Å². The van der Waals surface area contributed by atoms with Crippen LogP contribution in [0.1, 0.15) is 0 Å². The monoisotopic (exact) mass is 150 g/mol. The van der Waals surface area contributed by atoms with Crippen molar-refractivity contribution < 1.29 is 19.7 Å². The van der Waals surface area contributed by atoms with Crippen LogP contribution in [0.15, 0.2) is 0 Å². The average Bonchev–Trinajstić information content (AvgIpc) is 2.14. The summed E-state index contributed by atoms with van der Waals surface area (Å²) in [5.41, 5.74) is -0.875. The van der Waals surface area contributed by atoms with Gasteiger partial charge in [0, 0.05) is 5.75 Å². The quantitative estimate of drug-likeness (QED) is 0.526. The van der Waals surface area contributed by atoms with Crippen molar-refractivity contribution in [2.75, 3.05) is 5.75 Å². The molecule has 9 heavy (non-hydrogen) atoms. The molecule has 1 aliphatic rings.